The number of esters is 1. The molecule has 2 amide bonds. The summed E-state index contributed by atoms with van der Waals surface area (Å²) < 4.78 is 10.1. The van der Waals surface area contributed by atoms with Crippen molar-refractivity contribution in [2.45, 2.75) is 44.9 Å². The van der Waals surface area contributed by atoms with Crippen molar-refractivity contribution in [3.05, 3.63) is 29.8 Å². The third kappa shape index (κ3) is 4.40. The van der Waals surface area contributed by atoms with Gasteiger partial charge < -0.3 is 24.4 Å². The predicted molar refractivity (Wildman–Crippen MR) is 101 cm³/mol. The normalized spacial score (nSPS) is 23.0. The average Bonchev–Trinajstić information content (AvgIpc) is 3.11. The Labute approximate surface area is 168 Å². The van der Waals surface area contributed by atoms with Crippen molar-refractivity contribution >= 4 is 29.4 Å². The lowest BCUT2D eigenvalue weighted by atomic mass is 10.1. The molecule has 2 aliphatic heterocycles. The van der Waals surface area contributed by atoms with Crippen molar-refractivity contribution < 1.29 is 33.8 Å². The van der Waals surface area contributed by atoms with E-state index in [0.717, 1.165) is 19.8 Å². The number of nitrogens with zero attached hydrogens (tertiary/aromatic N) is 2. The van der Waals surface area contributed by atoms with E-state index in [1.54, 1.807) is 24.3 Å². The minimum Gasteiger partial charge on any atom is -0.478 e. The van der Waals surface area contributed by atoms with Crippen molar-refractivity contribution in [3.8, 4) is 0 Å². The number of likely N-dealkylation sites (tertiary alicyclic amines) is 1. The molecule has 29 heavy (non-hydrogen) atoms. The third-order valence-corrected chi connectivity index (χ3v) is 5.15. The summed E-state index contributed by atoms with van der Waals surface area (Å²) in [5.41, 5.74) is 0.926. The summed E-state index contributed by atoms with van der Waals surface area (Å²) >= 11 is 0. The Morgan fingerprint density at radius 2 is 2.03 bits per heavy atom. The zero-order valence-corrected chi connectivity index (χ0v) is 16.4. The lowest BCUT2D eigenvalue weighted by Crippen LogP contribution is -2.55. The van der Waals surface area contributed by atoms with Crippen LogP contribution in [0.15, 0.2) is 24.3 Å². The highest BCUT2D eigenvalue weighted by Crippen LogP contribution is 2.25. The largest absolute Gasteiger partial charge is 0.478 e. The quantitative estimate of drug-likeness (QED) is 0.730. The smallest absolute Gasteiger partial charge is 0.348 e. The van der Waals surface area contributed by atoms with E-state index in [9.17, 15) is 24.3 Å². The first-order valence-electron chi connectivity index (χ1n) is 9.53. The van der Waals surface area contributed by atoms with Crippen molar-refractivity contribution in [1.82, 2.24) is 4.90 Å². The van der Waals surface area contributed by atoms with E-state index in [1.807, 2.05) is 11.8 Å². The van der Waals surface area contributed by atoms with Crippen molar-refractivity contribution in [2.24, 2.45) is 0 Å². The topological polar surface area (TPSA) is 113 Å². The summed E-state index contributed by atoms with van der Waals surface area (Å²) in [5, 5.41) is 9.33. The Morgan fingerprint density at radius 3 is 2.66 bits per heavy atom. The highest BCUT2D eigenvalue weighted by atomic mass is 16.6. The van der Waals surface area contributed by atoms with Crippen LogP contribution < -0.4 is 4.90 Å². The number of hydrogen-bond donors (Lipinski definition) is 1. The zero-order chi connectivity index (χ0) is 21.1. The Hall–Kier alpha value is -2.94. The van der Waals surface area contributed by atoms with Crippen LogP contribution >= 0.6 is 0 Å². The van der Waals surface area contributed by atoms with Crippen LogP contribution in [0.1, 0.15) is 37.0 Å². The Bertz CT molecular complexity index is 825. The molecule has 0 spiro atoms. The molecular formula is C20H24N2O7. The monoisotopic (exact) mass is 404 g/mol. The Morgan fingerprint density at radius 1 is 1.28 bits per heavy atom. The van der Waals surface area contributed by atoms with Gasteiger partial charge in [-0.05, 0) is 38.0 Å². The van der Waals surface area contributed by atoms with Crippen molar-refractivity contribution in [3.63, 3.8) is 0 Å². The molecule has 156 valence electrons. The number of benzene rings is 1. The number of anilines is 1. The van der Waals surface area contributed by atoms with Gasteiger partial charge in [-0.3, -0.25) is 14.4 Å². The molecule has 3 atom stereocenters. The number of carboxylic acid groups (broad SMARTS) is 1. The number of carbonyl (C=O) groups is 4. The molecule has 2 saturated heterocycles. The van der Waals surface area contributed by atoms with Gasteiger partial charge in [0.05, 0.1) is 6.61 Å². The molecule has 0 bridgehead atoms. The number of carbonyl (C=O) groups excluding carboxylic acids is 3. The number of morpholine rings is 1. The summed E-state index contributed by atoms with van der Waals surface area (Å²) in [4.78, 5) is 51.6. The van der Waals surface area contributed by atoms with E-state index in [1.165, 1.54) is 4.90 Å². The first-order valence-corrected chi connectivity index (χ1v) is 9.53. The summed E-state index contributed by atoms with van der Waals surface area (Å²) in [5.74, 6) is -3.02. The number of amides is 2. The van der Waals surface area contributed by atoms with Crippen LogP contribution in [-0.4, -0.2) is 71.7 Å². The van der Waals surface area contributed by atoms with Crippen LogP contribution in [0, 0.1) is 0 Å². The standard InChI is InChI=1S/C20H24N2O7/c1-12-5-4-8-21(12)18(24)14-6-3-7-15(11-14)22-9-10-28-16(19(22)25)17(20(26)27)29-13(2)23/h3,6-7,11-12,16-17H,4-5,8-10H2,1-2H3,(H,26,27). The highest BCUT2D eigenvalue weighted by Gasteiger charge is 2.42. The fraction of sp³-hybridized carbons (Fsp3) is 0.500. The highest BCUT2D eigenvalue weighted by molar-refractivity contribution is 6.02. The van der Waals surface area contributed by atoms with E-state index in [-0.39, 0.29) is 25.1 Å². The zero-order valence-electron chi connectivity index (χ0n) is 16.4. The first-order chi connectivity index (χ1) is 13.8. The molecule has 0 aromatic heterocycles. The minimum atomic E-state index is -1.74. The van der Waals surface area contributed by atoms with Gasteiger partial charge in [-0.1, -0.05) is 6.07 Å². The van der Waals surface area contributed by atoms with Crippen LogP contribution in [-0.2, 0) is 23.9 Å². The SMILES string of the molecule is CC(=O)OC(C(=O)O)C1OCCN(c2cccc(C(=O)N3CCCC3C)c2)C1=O. The number of carboxylic acids is 1. The van der Waals surface area contributed by atoms with Crippen LogP contribution in [0.2, 0.25) is 0 Å². The van der Waals surface area contributed by atoms with E-state index in [2.05, 4.69) is 0 Å². The molecule has 2 aliphatic rings. The molecule has 0 saturated carbocycles. The van der Waals surface area contributed by atoms with Gasteiger partial charge in [-0.25, -0.2) is 4.79 Å². The summed E-state index contributed by atoms with van der Waals surface area (Å²) in [6.07, 6.45) is -1.27. The van der Waals surface area contributed by atoms with Crippen molar-refractivity contribution in [2.75, 3.05) is 24.6 Å². The van der Waals surface area contributed by atoms with E-state index >= 15 is 0 Å². The number of aliphatic carboxylic acids is 1. The maximum absolute atomic E-state index is 12.9. The molecule has 3 rings (SSSR count). The van der Waals surface area contributed by atoms with Gasteiger partial charge in [0, 0.05) is 37.3 Å². The lowest BCUT2D eigenvalue weighted by Gasteiger charge is -2.34. The lowest BCUT2D eigenvalue weighted by molar-refractivity contribution is -0.177. The second kappa shape index (κ2) is 8.60. The fourth-order valence-electron chi connectivity index (χ4n) is 3.71. The molecule has 1 aromatic rings. The third-order valence-electron chi connectivity index (χ3n) is 5.15. The van der Waals surface area contributed by atoms with Gasteiger partial charge in [0.25, 0.3) is 11.8 Å². The van der Waals surface area contributed by atoms with Crippen LogP contribution in [0.4, 0.5) is 5.69 Å². The number of ether oxygens (including phenoxy) is 2. The van der Waals surface area contributed by atoms with Crippen LogP contribution in [0.5, 0.6) is 0 Å². The molecule has 2 heterocycles. The van der Waals surface area contributed by atoms with Gasteiger partial charge >= 0.3 is 11.9 Å². The van der Waals surface area contributed by atoms with E-state index in [4.69, 9.17) is 9.47 Å². The van der Waals surface area contributed by atoms with Gasteiger partial charge in [-0.15, -0.1) is 0 Å². The molecule has 0 radical (unpaired) electrons. The van der Waals surface area contributed by atoms with E-state index < -0.39 is 30.1 Å². The minimum absolute atomic E-state index is 0.0722. The van der Waals surface area contributed by atoms with E-state index in [0.29, 0.717) is 17.8 Å². The summed E-state index contributed by atoms with van der Waals surface area (Å²) in [6.45, 7) is 4.04. The van der Waals surface area contributed by atoms with Gasteiger partial charge in [-0.2, -0.15) is 0 Å². The molecule has 1 N–H and O–H groups in total. The summed E-state index contributed by atoms with van der Waals surface area (Å²) in [7, 11) is 0. The van der Waals surface area contributed by atoms with Gasteiger partial charge in [0.15, 0.2) is 6.10 Å². The molecule has 0 aliphatic carbocycles. The first kappa shape index (κ1) is 20.8. The second-order valence-corrected chi connectivity index (χ2v) is 7.19. The Kier molecular flexibility index (Phi) is 6.17. The van der Waals surface area contributed by atoms with Crippen LogP contribution in [0.3, 0.4) is 0 Å². The summed E-state index contributed by atoms with van der Waals surface area (Å²) in [6, 6.07) is 6.84. The average molecular weight is 404 g/mol. The van der Waals surface area contributed by atoms with Crippen LogP contribution in [0.25, 0.3) is 0 Å². The Balaban J connectivity index is 1.83. The molecule has 9 heteroatoms. The predicted octanol–water partition coefficient (Wildman–Crippen LogP) is 1.06. The maximum atomic E-state index is 12.9. The maximum Gasteiger partial charge on any atom is 0.348 e. The molecule has 2 fully saturated rings. The molecule has 1 aromatic carbocycles. The fourth-order valence-corrected chi connectivity index (χ4v) is 3.71. The second-order valence-electron chi connectivity index (χ2n) is 7.19. The molecular weight excluding hydrogens is 380 g/mol. The number of rotatable bonds is 5. The molecule has 9 nitrogen and oxygen atoms in total. The van der Waals surface area contributed by atoms with Gasteiger partial charge in [0.1, 0.15) is 0 Å². The molecule has 3 unspecified atom stereocenters. The van der Waals surface area contributed by atoms with Gasteiger partial charge in [0.2, 0.25) is 6.10 Å². The van der Waals surface area contributed by atoms with Crippen molar-refractivity contribution in [1.29, 1.82) is 0 Å². The number of hydrogen-bond acceptors (Lipinski definition) is 6.